The number of ether oxygens (including phenoxy) is 1. The van der Waals surface area contributed by atoms with Crippen molar-refractivity contribution in [3.63, 3.8) is 0 Å². The van der Waals surface area contributed by atoms with Crippen LogP contribution in [0.5, 0.6) is 0 Å². The van der Waals surface area contributed by atoms with Gasteiger partial charge < -0.3 is 10.1 Å². The van der Waals surface area contributed by atoms with E-state index in [4.69, 9.17) is 17.0 Å². The molecule has 4 heterocycles. The molecule has 6 nitrogen and oxygen atoms in total. The fourth-order valence-electron chi connectivity index (χ4n) is 3.45. The van der Waals surface area contributed by atoms with Crippen molar-refractivity contribution >= 4 is 29.5 Å². The van der Waals surface area contributed by atoms with Crippen LogP contribution in [0.2, 0.25) is 0 Å². The lowest BCUT2D eigenvalue weighted by atomic mass is 9.95. The maximum atomic E-state index is 12.7. The summed E-state index contributed by atoms with van der Waals surface area (Å²) < 4.78 is 8.04. The summed E-state index contributed by atoms with van der Waals surface area (Å²) in [7, 11) is 0. The lowest BCUT2D eigenvalue weighted by Crippen LogP contribution is -2.44. The molecule has 2 aliphatic heterocycles. The molecule has 0 spiro atoms. The molecular weight excluding hydrogens is 332 g/mol. The zero-order chi connectivity index (χ0) is 16.0. The fourth-order valence-corrected chi connectivity index (χ4v) is 4.45. The third-order valence-electron chi connectivity index (χ3n) is 4.65. The van der Waals surface area contributed by atoms with Crippen molar-refractivity contribution in [2.24, 2.45) is 0 Å². The Morgan fingerprint density at radius 2 is 2.48 bits per heavy atom. The van der Waals surface area contributed by atoms with Crippen LogP contribution in [0.15, 0.2) is 17.5 Å². The molecule has 4 unspecified atom stereocenters. The molecule has 122 valence electrons. The molecule has 2 fully saturated rings. The van der Waals surface area contributed by atoms with Crippen molar-refractivity contribution in [1.82, 2.24) is 20.1 Å². The number of aromatic amines is 1. The molecule has 1 amide bonds. The standard InChI is InChI=1S/C15H18N4O2S2/c1-8(14(20)16-10-7-9-4-5-11(10)21-9)19-13(17-18-15(19)22)12-3-2-6-23-12/h2-3,6,8-11H,4-5,7H2,1H3,(H,16,20)(H,18,22). The molecule has 0 aromatic carbocycles. The molecule has 23 heavy (non-hydrogen) atoms. The Morgan fingerprint density at radius 3 is 3.13 bits per heavy atom. The first-order valence-corrected chi connectivity index (χ1v) is 9.09. The minimum absolute atomic E-state index is 0.0403. The van der Waals surface area contributed by atoms with E-state index in [1.165, 1.54) is 0 Å². The Hall–Kier alpha value is -1.51. The van der Waals surface area contributed by atoms with Gasteiger partial charge in [-0.05, 0) is 49.9 Å². The Balaban J connectivity index is 1.55. The van der Waals surface area contributed by atoms with Gasteiger partial charge in [0.15, 0.2) is 10.6 Å². The summed E-state index contributed by atoms with van der Waals surface area (Å²) in [4.78, 5) is 13.7. The van der Waals surface area contributed by atoms with Gasteiger partial charge in [-0.1, -0.05) is 6.07 Å². The Morgan fingerprint density at radius 1 is 1.61 bits per heavy atom. The minimum atomic E-state index is -0.419. The topological polar surface area (TPSA) is 71.9 Å². The largest absolute Gasteiger partial charge is 0.373 e. The van der Waals surface area contributed by atoms with Gasteiger partial charge in [-0.15, -0.1) is 11.3 Å². The zero-order valence-corrected chi connectivity index (χ0v) is 14.3. The van der Waals surface area contributed by atoms with Crippen molar-refractivity contribution in [1.29, 1.82) is 0 Å². The summed E-state index contributed by atoms with van der Waals surface area (Å²) in [5, 5.41) is 12.2. The quantitative estimate of drug-likeness (QED) is 0.832. The SMILES string of the molecule is CC(C(=O)NC1CC2CCC1O2)n1c(-c2cccs2)n[nH]c1=S. The van der Waals surface area contributed by atoms with Crippen molar-refractivity contribution in [2.75, 3.05) is 0 Å². The van der Waals surface area contributed by atoms with Crippen LogP contribution < -0.4 is 5.32 Å². The predicted octanol–water partition coefficient (Wildman–Crippen LogP) is 2.67. The predicted molar refractivity (Wildman–Crippen MR) is 89.9 cm³/mol. The highest BCUT2D eigenvalue weighted by Gasteiger charge is 2.42. The van der Waals surface area contributed by atoms with E-state index in [2.05, 4.69) is 15.5 Å². The molecule has 2 saturated heterocycles. The highest BCUT2D eigenvalue weighted by atomic mass is 32.1. The zero-order valence-electron chi connectivity index (χ0n) is 12.7. The fraction of sp³-hybridized carbons (Fsp3) is 0.533. The molecule has 0 saturated carbocycles. The molecule has 4 rings (SSSR count). The molecule has 4 atom stereocenters. The molecular formula is C15H18N4O2S2. The second-order valence-corrected chi connectivity index (χ2v) is 7.43. The number of hydrogen-bond donors (Lipinski definition) is 2. The first-order valence-electron chi connectivity index (χ1n) is 7.80. The third-order valence-corrected chi connectivity index (χ3v) is 5.80. The smallest absolute Gasteiger partial charge is 0.243 e. The van der Waals surface area contributed by atoms with Crippen LogP contribution in [0.25, 0.3) is 10.7 Å². The van der Waals surface area contributed by atoms with Gasteiger partial charge in [-0.3, -0.25) is 14.5 Å². The van der Waals surface area contributed by atoms with Crippen LogP contribution in [-0.4, -0.2) is 38.9 Å². The van der Waals surface area contributed by atoms with E-state index in [0.717, 1.165) is 24.1 Å². The van der Waals surface area contributed by atoms with Crippen LogP contribution in [0.4, 0.5) is 0 Å². The molecule has 2 aliphatic rings. The summed E-state index contributed by atoms with van der Waals surface area (Å²) in [5.74, 6) is 0.665. The number of thiophene rings is 1. The van der Waals surface area contributed by atoms with Gasteiger partial charge in [0.25, 0.3) is 0 Å². The summed E-state index contributed by atoms with van der Waals surface area (Å²) in [6.45, 7) is 1.85. The number of nitrogens with one attached hydrogen (secondary N) is 2. The second kappa shape index (κ2) is 5.85. The van der Waals surface area contributed by atoms with Crippen LogP contribution in [0, 0.1) is 4.77 Å². The molecule has 2 aromatic heterocycles. The maximum absolute atomic E-state index is 12.7. The molecule has 8 heteroatoms. The molecule has 0 radical (unpaired) electrons. The van der Waals surface area contributed by atoms with E-state index in [-0.39, 0.29) is 18.1 Å². The number of aromatic nitrogens is 3. The van der Waals surface area contributed by atoms with Crippen molar-refractivity contribution in [3.05, 3.63) is 22.3 Å². The van der Waals surface area contributed by atoms with Crippen molar-refractivity contribution < 1.29 is 9.53 Å². The number of fused-ring (bicyclic) bond motifs is 2. The number of carbonyl (C=O) groups is 1. The molecule has 2 aromatic rings. The Kier molecular flexibility index (Phi) is 3.82. The number of nitrogens with zero attached hydrogens (tertiary/aromatic N) is 2. The first kappa shape index (κ1) is 15.0. The van der Waals surface area contributed by atoms with Crippen molar-refractivity contribution in [3.8, 4) is 10.7 Å². The minimum Gasteiger partial charge on any atom is -0.373 e. The second-order valence-electron chi connectivity index (χ2n) is 6.10. The van der Waals surface area contributed by atoms with E-state index >= 15 is 0 Å². The van der Waals surface area contributed by atoms with E-state index in [1.807, 2.05) is 24.4 Å². The van der Waals surface area contributed by atoms with E-state index in [0.29, 0.717) is 16.7 Å². The van der Waals surface area contributed by atoms with Crippen molar-refractivity contribution in [2.45, 2.75) is 50.5 Å². The summed E-state index contributed by atoms with van der Waals surface area (Å²) in [6, 6.07) is 3.63. The van der Waals surface area contributed by atoms with Gasteiger partial charge in [-0.25, -0.2) is 0 Å². The Labute approximate surface area is 142 Å². The van der Waals surface area contributed by atoms with Gasteiger partial charge in [-0.2, -0.15) is 5.10 Å². The Bertz CT molecular complexity index is 767. The maximum Gasteiger partial charge on any atom is 0.243 e. The van der Waals surface area contributed by atoms with Gasteiger partial charge in [0.05, 0.1) is 23.1 Å². The van der Waals surface area contributed by atoms with Gasteiger partial charge in [0.1, 0.15) is 6.04 Å². The van der Waals surface area contributed by atoms with E-state index < -0.39 is 6.04 Å². The van der Waals surface area contributed by atoms with Crippen LogP contribution in [0.3, 0.4) is 0 Å². The first-order chi connectivity index (χ1) is 11.1. The third kappa shape index (κ3) is 2.64. The summed E-state index contributed by atoms with van der Waals surface area (Å²) in [5.41, 5.74) is 0. The lowest BCUT2D eigenvalue weighted by Gasteiger charge is -2.23. The molecule has 2 N–H and O–H groups in total. The summed E-state index contributed by atoms with van der Waals surface area (Å²) >= 11 is 6.90. The average molecular weight is 350 g/mol. The highest BCUT2D eigenvalue weighted by molar-refractivity contribution is 7.71. The number of rotatable bonds is 4. The van der Waals surface area contributed by atoms with Crippen LogP contribution in [0.1, 0.15) is 32.2 Å². The highest BCUT2D eigenvalue weighted by Crippen LogP contribution is 2.34. The summed E-state index contributed by atoms with van der Waals surface area (Å²) in [6.07, 6.45) is 3.55. The van der Waals surface area contributed by atoms with Crippen LogP contribution in [-0.2, 0) is 9.53 Å². The average Bonchev–Trinajstić information content (AvgIpc) is 3.30. The molecule has 0 aliphatic carbocycles. The molecule has 2 bridgehead atoms. The van der Waals surface area contributed by atoms with Gasteiger partial charge in [0.2, 0.25) is 5.91 Å². The number of amides is 1. The van der Waals surface area contributed by atoms with Crippen LogP contribution >= 0.6 is 23.6 Å². The number of carbonyl (C=O) groups excluding carboxylic acids is 1. The number of H-pyrrole nitrogens is 1. The van der Waals surface area contributed by atoms with Gasteiger partial charge in [0, 0.05) is 0 Å². The normalized spacial score (nSPS) is 27.3. The lowest BCUT2D eigenvalue weighted by molar-refractivity contribution is -0.125. The van der Waals surface area contributed by atoms with E-state index in [1.54, 1.807) is 15.9 Å². The van der Waals surface area contributed by atoms with Gasteiger partial charge >= 0.3 is 0 Å². The monoisotopic (exact) mass is 350 g/mol. The van der Waals surface area contributed by atoms with E-state index in [9.17, 15) is 4.79 Å². The number of hydrogen-bond acceptors (Lipinski definition) is 5.